The molecule has 0 saturated heterocycles. The van der Waals surface area contributed by atoms with Crippen LogP contribution in [-0.4, -0.2) is 30.5 Å². The number of anilines is 1. The second kappa shape index (κ2) is 8.83. The summed E-state index contributed by atoms with van der Waals surface area (Å²) >= 11 is 0. The van der Waals surface area contributed by atoms with Crippen LogP contribution < -0.4 is 10.1 Å². The summed E-state index contributed by atoms with van der Waals surface area (Å²) < 4.78 is 10.1. The van der Waals surface area contributed by atoms with E-state index in [1.54, 1.807) is 0 Å². The maximum absolute atomic E-state index is 12.1. The van der Waals surface area contributed by atoms with Gasteiger partial charge < -0.3 is 14.8 Å². The number of amides is 1. The predicted octanol–water partition coefficient (Wildman–Crippen LogP) is 3.48. The third kappa shape index (κ3) is 5.07. The number of nitro groups is 1. The molecule has 0 aliphatic rings. The van der Waals surface area contributed by atoms with Crippen molar-refractivity contribution >= 4 is 34.0 Å². The van der Waals surface area contributed by atoms with Gasteiger partial charge in [-0.25, -0.2) is 0 Å². The van der Waals surface area contributed by atoms with E-state index in [2.05, 4.69) is 5.32 Å². The van der Waals surface area contributed by atoms with Crippen LogP contribution in [0, 0.1) is 10.1 Å². The van der Waals surface area contributed by atoms with E-state index in [0.717, 1.165) is 16.3 Å². The van der Waals surface area contributed by atoms with Gasteiger partial charge in [-0.15, -0.1) is 0 Å². The number of rotatable bonds is 7. The van der Waals surface area contributed by atoms with Gasteiger partial charge in [-0.2, -0.15) is 0 Å². The normalized spacial score (nSPS) is 10.4. The number of esters is 1. The van der Waals surface area contributed by atoms with E-state index in [-0.39, 0.29) is 23.5 Å². The van der Waals surface area contributed by atoms with Crippen molar-refractivity contribution in [3.05, 3.63) is 76.3 Å². The summed E-state index contributed by atoms with van der Waals surface area (Å²) in [6, 6.07) is 17.2. The van der Waals surface area contributed by atoms with E-state index in [0.29, 0.717) is 0 Å². The first-order valence-corrected chi connectivity index (χ1v) is 8.72. The quantitative estimate of drug-likeness (QED) is 0.373. The largest absolute Gasteiger partial charge is 0.494 e. The molecule has 3 rings (SSSR count). The van der Waals surface area contributed by atoms with Crippen LogP contribution in [-0.2, 0) is 20.7 Å². The number of ether oxygens (including phenoxy) is 2. The van der Waals surface area contributed by atoms with Gasteiger partial charge in [0.15, 0.2) is 6.61 Å². The summed E-state index contributed by atoms with van der Waals surface area (Å²) in [4.78, 5) is 34.3. The number of hydrogen-bond acceptors (Lipinski definition) is 6. The Morgan fingerprint density at radius 1 is 1.03 bits per heavy atom. The van der Waals surface area contributed by atoms with E-state index in [1.807, 2.05) is 42.5 Å². The van der Waals surface area contributed by atoms with Crippen molar-refractivity contribution in [3.63, 3.8) is 0 Å². The number of nitrogens with zero attached hydrogens (tertiary/aromatic N) is 1. The number of nitrogens with one attached hydrogen (secondary N) is 1. The first-order chi connectivity index (χ1) is 14.0. The van der Waals surface area contributed by atoms with Crippen LogP contribution in [0.25, 0.3) is 10.8 Å². The molecule has 0 bridgehead atoms. The fourth-order valence-electron chi connectivity index (χ4n) is 2.80. The summed E-state index contributed by atoms with van der Waals surface area (Å²) in [6.45, 7) is -0.480. The molecule has 0 atom stereocenters. The Morgan fingerprint density at radius 3 is 2.52 bits per heavy atom. The van der Waals surface area contributed by atoms with Crippen LogP contribution in [0.3, 0.4) is 0 Å². The summed E-state index contributed by atoms with van der Waals surface area (Å²) in [5.74, 6) is -0.981. The standard InChI is InChI=1S/C21H18N2O6/c1-28-19-12-17(23(26)27)8-9-18(19)22-20(24)13-29-21(25)11-14-6-7-15-4-2-3-5-16(15)10-14/h2-10,12H,11,13H2,1H3,(H,22,24). The van der Waals surface area contributed by atoms with Crippen LogP contribution in [0.2, 0.25) is 0 Å². The molecular weight excluding hydrogens is 376 g/mol. The molecule has 29 heavy (non-hydrogen) atoms. The first-order valence-electron chi connectivity index (χ1n) is 8.72. The summed E-state index contributed by atoms with van der Waals surface area (Å²) in [6.07, 6.45) is 0.0406. The topological polar surface area (TPSA) is 108 Å². The van der Waals surface area contributed by atoms with E-state index in [9.17, 15) is 19.7 Å². The molecule has 0 radical (unpaired) electrons. The summed E-state index contributed by atoms with van der Waals surface area (Å²) in [7, 11) is 1.33. The monoisotopic (exact) mass is 394 g/mol. The van der Waals surface area contributed by atoms with E-state index < -0.39 is 23.4 Å². The highest BCUT2D eigenvalue weighted by molar-refractivity contribution is 5.94. The number of benzene rings is 3. The lowest BCUT2D eigenvalue weighted by atomic mass is 10.1. The van der Waals surface area contributed by atoms with Gasteiger partial charge in [0.1, 0.15) is 5.75 Å². The van der Waals surface area contributed by atoms with Crippen LogP contribution >= 0.6 is 0 Å². The zero-order valence-electron chi connectivity index (χ0n) is 15.6. The number of methoxy groups -OCH3 is 1. The highest BCUT2D eigenvalue weighted by Crippen LogP contribution is 2.28. The lowest BCUT2D eigenvalue weighted by Crippen LogP contribution is -2.22. The SMILES string of the molecule is COc1cc([N+](=O)[O-])ccc1NC(=O)COC(=O)Cc1ccc2ccccc2c1. The number of hydrogen-bond donors (Lipinski definition) is 1. The minimum atomic E-state index is -0.580. The molecule has 3 aromatic carbocycles. The Kier molecular flexibility index (Phi) is 6.03. The van der Waals surface area contributed by atoms with E-state index >= 15 is 0 Å². The molecule has 0 fully saturated rings. The Bertz CT molecular complexity index is 1080. The van der Waals surface area contributed by atoms with Crippen molar-refractivity contribution < 1.29 is 24.0 Å². The maximum Gasteiger partial charge on any atom is 0.310 e. The maximum atomic E-state index is 12.1. The van der Waals surface area contributed by atoms with Crippen LogP contribution in [0.4, 0.5) is 11.4 Å². The zero-order chi connectivity index (χ0) is 20.8. The average Bonchev–Trinajstić information content (AvgIpc) is 2.72. The van der Waals surface area contributed by atoms with Crippen molar-refractivity contribution in [2.45, 2.75) is 6.42 Å². The minimum absolute atomic E-state index is 0.0406. The highest BCUT2D eigenvalue weighted by Gasteiger charge is 2.15. The summed E-state index contributed by atoms with van der Waals surface area (Å²) in [5.41, 5.74) is 0.862. The molecule has 8 heteroatoms. The predicted molar refractivity (Wildman–Crippen MR) is 107 cm³/mol. The number of non-ortho nitro benzene ring substituents is 1. The molecule has 0 aliphatic heterocycles. The van der Waals surface area contributed by atoms with Gasteiger partial charge in [0.2, 0.25) is 0 Å². The first kappa shape index (κ1) is 19.8. The van der Waals surface area contributed by atoms with Crippen molar-refractivity contribution in [2.24, 2.45) is 0 Å². The third-order valence-electron chi connectivity index (χ3n) is 4.20. The number of nitro benzene ring substituents is 1. The number of fused-ring (bicyclic) bond motifs is 1. The molecule has 0 unspecified atom stereocenters. The van der Waals surface area contributed by atoms with Crippen LogP contribution in [0.15, 0.2) is 60.7 Å². The minimum Gasteiger partial charge on any atom is -0.494 e. The molecule has 0 saturated carbocycles. The number of carbonyl (C=O) groups is 2. The molecule has 0 spiro atoms. The van der Waals surface area contributed by atoms with Gasteiger partial charge in [-0.3, -0.25) is 19.7 Å². The molecule has 3 aromatic rings. The van der Waals surface area contributed by atoms with Crippen molar-refractivity contribution in [1.82, 2.24) is 0 Å². The van der Waals surface area contributed by atoms with Crippen LogP contribution in [0.5, 0.6) is 5.75 Å². The zero-order valence-corrected chi connectivity index (χ0v) is 15.6. The average molecular weight is 394 g/mol. The van der Waals surface area contributed by atoms with E-state index in [4.69, 9.17) is 9.47 Å². The fourth-order valence-corrected chi connectivity index (χ4v) is 2.80. The van der Waals surface area contributed by atoms with Gasteiger partial charge in [0.05, 0.1) is 30.2 Å². The van der Waals surface area contributed by atoms with Gasteiger partial charge in [0.25, 0.3) is 11.6 Å². The Hall–Kier alpha value is -3.94. The molecule has 0 heterocycles. The number of carbonyl (C=O) groups excluding carboxylic acids is 2. The van der Waals surface area contributed by atoms with Crippen LogP contribution in [0.1, 0.15) is 5.56 Å². The van der Waals surface area contributed by atoms with Gasteiger partial charge in [-0.05, 0) is 22.4 Å². The molecule has 1 amide bonds. The van der Waals surface area contributed by atoms with Crippen molar-refractivity contribution in [2.75, 3.05) is 19.0 Å². The van der Waals surface area contributed by atoms with Gasteiger partial charge in [-0.1, -0.05) is 42.5 Å². The third-order valence-corrected chi connectivity index (χ3v) is 4.20. The van der Waals surface area contributed by atoms with Gasteiger partial charge in [0, 0.05) is 6.07 Å². The Labute approximate surface area is 166 Å². The van der Waals surface area contributed by atoms with Crippen molar-refractivity contribution in [3.8, 4) is 5.75 Å². The highest BCUT2D eigenvalue weighted by atomic mass is 16.6. The summed E-state index contributed by atoms with van der Waals surface area (Å²) in [5, 5.41) is 15.4. The lowest BCUT2D eigenvalue weighted by Gasteiger charge is -2.10. The molecule has 1 N–H and O–H groups in total. The second-order valence-electron chi connectivity index (χ2n) is 6.21. The fraction of sp³-hybridized carbons (Fsp3) is 0.143. The molecular formula is C21H18N2O6. The molecule has 0 aliphatic carbocycles. The van der Waals surface area contributed by atoms with Crippen molar-refractivity contribution in [1.29, 1.82) is 0 Å². The molecule has 0 aromatic heterocycles. The molecule has 8 nitrogen and oxygen atoms in total. The lowest BCUT2D eigenvalue weighted by molar-refractivity contribution is -0.384. The van der Waals surface area contributed by atoms with Gasteiger partial charge >= 0.3 is 5.97 Å². The smallest absolute Gasteiger partial charge is 0.310 e. The molecule has 148 valence electrons. The Balaban J connectivity index is 1.56. The Morgan fingerprint density at radius 2 is 1.79 bits per heavy atom. The van der Waals surface area contributed by atoms with E-state index in [1.165, 1.54) is 25.3 Å². The second-order valence-corrected chi connectivity index (χ2v) is 6.21.